The Labute approximate surface area is 161 Å². The fourth-order valence-corrected chi connectivity index (χ4v) is 3.74. The van der Waals surface area contributed by atoms with Gasteiger partial charge in [-0.2, -0.15) is 0 Å². The number of phenolic OH excluding ortho intramolecular Hbond substituents is 1. The molecule has 1 saturated heterocycles. The van der Waals surface area contributed by atoms with Crippen LogP contribution in [0.2, 0.25) is 0 Å². The number of benzene rings is 2. The van der Waals surface area contributed by atoms with Gasteiger partial charge >= 0.3 is 0 Å². The first-order valence-corrected chi connectivity index (χ1v) is 9.74. The Bertz CT molecular complexity index is 783. The van der Waals surface area contributed by atoms with E-state index in [9.17, 15) is 9.90 Å². The number of nitrogens with zero attached hydrogens (tertiary/aromatic N) is 1. The number of nitrogens with one attached hydrogen (secondary N) is 2. The fraction of sp³-hybridized carbons (Fsp3) is 0.409. The number of carbonyl (C=O) groups excluding carboxylic acids is 1. The molecule has 5 heteroatoms. The predicted octanol–water partition coefficient (Wildman–Crippen LogP) is 2.25. The van der Waals surface area contributed by atoms with Gasteiger partial charge in [-0.05, 0) is 36.6 Å². The zero-order chi connectivity index (χ0) is 19.4. The van der Waals surface area contributed by atoms with Crippen LogP contribution in [0.1, 0.15) is 32.3 Å². The summed E-state index contributed by atoms with van der Waals surface area (Å²) in [5.41, 5.74) is 2.95. The van der Waals surface area contributed by atoms with Gasteiger partial charge in [-0.25, -0.2) is 0 Å². The smallest absolute Gasteiger partial charge is 0.282 e. The standard InChI is InChI=1S/C22H29N3O2/c1-16(2)18-8-4-5-9-19(18)23-22(27)17(3)24-12-14-25(15-13-24)20-10-6-7-11-21(20)26/h4-11,16-17,26H,12-15H2,1-3H3,(H,23,27)/p+1/t17-/m0/s1. The van der Waals surface area contributed by atoms with Gasteiger partial charge in [-0.15, -0.1) is 0 Å². The van der Waals surface area contributed by atoms with Crippen LogP contribution in [0.4, 0.5) is 11.4 Å². The molecule has 27 heavy (non-hydrogen) atoms. The van der Waals surface area contributed by atoms with Crippen molar-refractivity contribution in [1.82, 2.24) is 0 Å². The number of anilines is 2. The molecule has 1 atom stereocenters. The molecule has 0 radical (unpaired) electrons. The lowest BCUT2D eigenvalue weighted by atomic mass is 10.0. The van der Waals surface area contributed by atoms with Gasteiger partial charge in [0.15, 0.2) is 6.04 Å². The van der Waals surface area contributed by atoms with Crippen LogP contribution >= 0.6 is 0 Å². The van der Waals surface area contributed by atoms with Crippen molar-refractivity contribution >= 4 is 17.3 Å². The van der Waals surface area contributed by atoms with Gasteiger partial charge in [0.2, 0.25) is 0 Å². The quantitative estimate of drug-likeness (QED) is 0.759. The zero-order valence-corrected chi connectivity index (χ0v) is 16.4. The molecule has 0 bridgehead atoms. The normalized spacial score (nSPS) is 16.4. The number of aromatic hydroxyl groups is 1. The highest BCUT2D eigenvalue weighted by atomic mass is 16.3. The van der Waals surface area contributed by atoms with Crippen LogP contribution < -0.4 is 15.1 Å². The maximum atomic E-state index is 12.8. The van der Waals surface area contributed by atoms with Gasteiger partial charge in [0.05, 0.1) is 31.9 Å². The summed E-state index contributed by atoms with van der Waals surface area (Å²) in [4.78, 5) is 16.3. The van der Waals surface area contributed by atoms with Crippen molar-refractivity contribution in [2.75, 3.05) is 36.4 Å². The largest absolute Gasteiger partial charge is 0.506 e. The second-order valence-corrected chi connectivity index (χ2v) is 7.59. The Balaban J connectivity index is 1.60. The molecule has 1 aliphatic rings. The Morgan fingerprint density at radius 3 is 2.33 bits per heavy atom. The predicted molar refractivity (Wildman–Crippen MR) is 110 cm³/mol. The average Bonchev–Trinajstić information content (AvgIpc) is 2.68. The number of piperazine rings is 1. The molecule has 3 rings (SSSR count). The van der Waals surface area contributed by atoms with E-state index in [0.717, 1.165) is 43.1 Å². The molecular formula is C22H30N3O2+. The molecule has 1 heterocycles. The summed E-state index contributed by atoms with van der Waals surface area (Å²) in [6, 6.07) is 15.3. The lowest BCUT2D eigenvalue weighted by Gasteiger charge is -2.36. The van der Waals surface area contributed by atoms with Crippen LogP contribution in [0.25, 0.3) is 0 Å². The maximum Gasteiger partial charge on any atom is 0.282 e. The van der Waals surface area contributed by atoms with Gasteiger partial charge < -0.3 is 20.2 Å². The van der Waals surface area contributed by atoms with Gasteiger partial charge in [-0.3, -0.25) is 4.79 Å². The van der Waals surface area contributed by atoms with Crippen LogP contribution in [-0.4, -0.2) is 43.2 Å². The van der Waals surface area contributed by atoms with Gasteiger partial charge in [0.1, 0.15) is 5.75 Å². The Morgan fingerprint density at radius 1 is 1.04 bits per heavy atom. The monoisotopic (exact) mass is 368 g/mol. The van der Waals surface area contributed by atoms with Crippen LogP contribution in [0.3, 0.4) is 0 Å². The molecule has 5 nitrogen and oxygen atoms in total. The number of hydrogen-bond acceptors (Lipinski definition) is 3. The lowest BCUT2D eigenvalue weighted by molar-refractivity contribution is -0.914. The highest BCUT2D eigenvalue weighted by Gasteiger charge is 2.30. The molecule has 0 saturated carbocycles. The van der Waals surface area contributed by atoms with E-state index in [2.05, 4.69) is 30.1 Å². The van der Waals surface area contributed by atoms with Gasteiger partial charge in [0.25, 0.3) is 5.91 Å². The fourth-order valence-electron chi connectivity index (χ4n) is 3.74. The third-order valence-corrected chi connectivity index (χ3v) is 5.47. The molecule has 0 spiro atoms. The average molecular weight is 369 g/mol. The number of phenols is 1. The molecule has 2 aromatic rings. The minimum atomic E-state index is -0.114. The molecule has 1 fully saturated rings. The summed E-state index contributed by atoms with van der Waals surface area (Å²) >= 11 is 0. The van der Waals surface area contributed by atoms with E-state index in [-0.39, 0.29) is 11.9 Å². The van der Waals surface area contributed by atoms with E-state index in [1.54, 1.807) is 6.07 Å². The Hall–Kier alpha value is -2.53. The molecule has 1 amide bonds. The maximum absolute atomic E-state index is 12.8. The van der Waals surface area contributed by atoms with E-state index in [0.29, 0.717) is 11.7 Å². The number of hydrogen-bond donors (Lipinski definition) is 3. The molecule has 0 aromatic heterocycles. The Morgan fingerprint density at radius 2 is 1.67 bits per heavy atom. The topological polar surface area (TPSA) is 57.0 Å². The van der Waals surface area contributed by atoms with Crippen LogP contribution in [-0.2, 0) is 4.79 Å². The highest BCUT2D eigenvalue weighted by Crippen LogP contribution is 2.26. The van der Waals surface area contributed by atoms with Crippen molar-refractivity contribution in [3.63, 3.8) is 0 Å². The molecule has 2 aromatic carbocycles. The number of carbonyl (C=O) groups is 1. The first-order chi connectivity index (χ1) is 13.0. The van der Waals surface area contributed by atoms with E-state index < -0.39 is 0 Å². The molecule has 0 unspecified atom stereocenters. The van der Waals surface area contributed by atoms with Crippen LogP contribution in [0, 0.1) is 0 Å². The summed E-state index contributed by atoms with van der Waals surface area (Å²) in [5.74, 6) is 0.748. The summed E-state index contributed by atoms with van der Waals surface area (Å²) in [7, 11) is 0. The third kappa shape index (κ3) is 4.42. The van der Waals surface area contributed by atoms with Crippen molar-refractivity contribution in [1.29, 1.82) is 0 Å². The molecule has 1 aliphatic heterocycles. The molecular weight excluding hydrogens is 338 g/mol. The van der Waals surface area contributed by atoms with E-state index in [4.69, 9.17) is 0 Å². The molecule has 3 N–H and O–H groups in total. The third-order valence-electron chi connectivity index (χ3n) is 5.47. The van der Waals surface area contributed by atoms with Crippen LogP contribution in [0.15, 0.2) is 48.5 Å². The van der Waals surface area contributed by atoms with Crippen molar-refractivity contribution in [3.8, 4) is 5.75 Å². The van der Waals surface area contributed by atoms with Crippen molar-refractivity contribution in [2.45, 2.75) is 32.7 Å². The van der Waals surface area contributed by atoms with Gasteiger partial charge in [-0.1, -0.05) is 44.2 Å². The van der Waals surface area contributed by atoms with Crippen molar-refractivity contribution in [2.24, 2.45) is 0 Å². The second-order valence-electron chi connectivity index (χ2n) is 7.59. The highest BCUT2D eigenvalue weighted by molar-refractivity contribution is 5.94. The number of para-hydroxylation sites is 3. The summed E-state index contributed by atoms with van der Waals surface area (Å²) in [6.07, 6.45) is 0. The lowest BCUT2D eigenvalue weighted by Crippen LogP contribution is -3.19. The minimum absolute atomic E-state index is 0.0640. The number of quaternary nitrogens is 1. The van der Waals surface area contributed by atoms with Crippen molar-refractivity contribution < 1.29 is 14.8 Å². The van der Waals surface area contributed by atoms with Gasteiger partial charge in [0, 0.05) is 5.69 Å². The SMILES string of the molecule is CC(C)c1ccccc1NC(=O)[C@H](C)[NH+]1CCN(c2ccccc2O)CC1. The summed E-state index contributed by atoms with van der Waals surface area (Å²) in [6.45, 7) is 9.66. The van der Waals surface area contributed by atoms with E-state index in [1.807, 2.05) is 43.3 Å². The summed E-state index contributed by atoms with van der Waals surface area (Å²) < 4.78 is 0. The first kappa shape index (κ1) is 19.2. The van der Waals surface area contributed by atoms with E-state index in [1.165, 1.54) is 4.90 Å². The first-order valence-electron chi connectivity index (χ1n) is 9.74. The van der Waals surface area contributed by atoms with Crippen LogP contribution in [0.5, 0.6) is 5.75 Å². The zero-order valence-electron chi connectivity index (χ0n) is 16.4. The molecule has 144 valence electrons. The second kappa shape index (κ2) is 8.44. The number of rotatable bonds is 5. The Kier molecular flexibility index (Phi) is 6.01. The van der Waals surface area contributed by atoms with Crippen molar-refractivity contribution in [3.05, 3.63) is 54.1 Å². The minimum Gasteiger partial charge on any atom is -0.506 e. The number of amides is 1. The summed E-state index contributed by atoms with van der Waals surface area (Å²) in [5, 5.41) is 13.2. The molecule has 0 aliphatic carbocycles. The van der Waals surface area contributed by atoms with E-state index >= 15 is 0 Å².